The summed E-state index contributed by atoms with van der Waals surface area (Å²) >= 11 is 0. The van der Waals surface area contributed by atoms with Gasteiger partial charge in [-0.1, -0.05) is 0 Å². The number of hydrogen-bond acceptors (Lipinski definition) is 2. The number of aromatic carboxylic acids is 1. The number of H-pyrrole nitrogens is 1. The predicted octanol–water partition coefficient (Wildman–Crippen LogP) is 1.16. The predicted molar refractivity (Wildman–Crippen MR) is 38.1 cm³/mol. The lowest BCUT2D eigenvalue weighted by Crippen LogP contribution is -2.08. The Morgan fingerprint density at radius 2 is 2.08 bits per heavy atom. The number of nitrogens with one attached hydrogen (secondary N) is 1. The average Bonchev–Trinajstić information content (AvgIpc) is 2.50. The quantitative estimate of drug-likeness (QED) is 0.701. The number of Topliss-reactive ketones (excluding diaryl/α,β-unsaturated/α-hetero) is 1. The molecule has 0 fully saturated rings. The largest absolute Gasteiger partial charge is 0.477 e. The zero-order valence-corrected chi connectivity index (χ0v) is 6.25. The Balaban J connectivity index is 2.92. The molecule has 4 nitrogen and oxygen atoms in total. The van der Waals surface area contributed by atoms with Crippen LogP contribution in [-0.4, -0.2) is 28.3 Å². The van der Waals surface area contributed by atoms with Crippen LogP contribution in [-0.2, 0) is 0 Å². The van der Waals surface area contributed by atoms with Crippen molar-refractivity contribution in [2.75, 3.05) is 0 Å². The van der Waals surface area contributed by atoms with Gasteiger partial charge in [0, 0.05) is 11.8 Å². The number of ketones is 1. The van der Waals surface area contributed by atoms with Gasteiger partial charge < -0.3 is 10.1 Å². The first-order valence-corrected chi connectivity index (χ1v) is 3.26. The van der Waals surface area contributed by atoms with Gasteiger partial charge in [0.1, 0.15) is 5.69 Å². The second-order valence-corrected chi connectivity index (χ2v) is 2.27. The van der Waals surface area contributed by atoms with Crippen molar-refractivity contribution in [3.05, 3.63) is 23.5 Å². The van der Waals surface area contributed by atoms with Gasteiger partial charge in [-0.25, -0.2) is 13.6 Å². The van der Waals surface area contributed by atoms with Gasteiger partial charge in [-0.15, -0.1) is 0 Å². The number of carboxylic acid groups (broad SMARTS) is 1. The van der Waals surface area contributed by atoms with Crippen LogP contribution in [0, 0.1) is 0 Å². The van der Waals surface area contributed by atoms with Crippen LogP contribution in [0.4, 0.5) is 8.78 Å². The maximum Gasteiger partial charge on any atom is 0.352 e. The Labute approximate surface area is 71.2 Å². The van der Waals surface area contributed by atoms with Crippen LogP contribution in [0.5, 0.6) is 0 Å². The van der Waals surface area contributed by atoms with E-state index in [2.05, 4.69) is 4.98 Å². The van der Waals surface area contributed by atoms with Gasteiger partial charge in [0.15, 0.2) is 0 Å². The minimum absolute atomic E-state index is 0.288. The van der Waals surface area contributed by atoms with E-state index in [4.69, 9.17) is 5.11 Å². The van der Waals surface area contributed by atoms with Crippen LogP contribution in [0.3, 0.4) is 0 Å². The highest BCUT2D eigenvalue weighted by atomic mass is 19.3. The minimum atomic E-state index is -3.11. The second kappa shape index (κ2) is 3.34. The summed E-state index contributed by atoms with van der Waals surface area (Å²) in [5.41, 5.74) is -0.614. The van der Waals surface area contributed by atoms with Crippen molar-refractivity contribution in [2.45, 2.75) is 6.43 Å². The van der Waals surface area contributed by atoms with Crippen LogP contribution in [0.1, 0.15) is 20.8 Å². The van der Waals surface area contributed by atoms with Gasteiger partial charge in [-0.3, -0.25) is 4.79 Å². The van der Waals surface area contributed by atoms with Crippen LogP contribution in [0.15, 0.2) is 12.3 Å². The van der Waals surface area contributed by atoms with Crippen molar-refractivity contribution in [3.63, 3.8) is 0 Å². The van der Waals surface area contributed by atoms with Crippen molar-refractivity contribution in [1.82, 2.24) is 4.98 Å². The Kier molecular flexibility index (Phi) is 2.41. The molecule has 0 aliphatic rings. The number of alkyl halides is 2. The average molecular weight is 189 g/mol. The molecule has 0 spiro atoms. The van der Waals surface area contributed by atoms with Crippen molar-refractivity contribution < 1.29 is 23.5 Å². The number of aromatic amines is 1. The summed E-state index contributed by atoms with van der Waals surface area (Å²) in [6.45, 7) is 0. The zero-order chi connectivity index (χ0) is 10.0. The molecule has 0 unspecified atom stereocenters. The molecule has 2 N–H and O–H groups in total. The number of carboxylic acids is 1. The summed E-state index contributed by atoms with van der Waals surface area (Å²) in [5.74, 6) is -2.68. The molecule has 13 heavy (non-hydrogen) atoms. The Bertz CT molecular complexity index is 345. The Hall–Kier alpha value is -1.72. The number of carbonyl (C=O) groups is 2. The fourth-order valence-electron chi connectivity index (χ4n) is 0.786. The third kappa shape index (κ3) is 1.90. The van der Waals surface area contributed by atoms with Gasteiger partial charge in [-0.2, -0.15) is 0 Å². The van der Waals surface area contributed by atoms with E-state index >= 15 is 0 Å². The molecule has 0 bridgehead atoms. The summed E-state index contributed by atoms with van der Waals surface area (Å²) in [6.07, 6.45) is -2.17. The van der Waals surface area contributed by atoms with Gasteiger partial charge in [-0.05, 0) is 6.07 Å². The van der Waals surface area contributed by atoms with Crippen LogP contribution < -0.4 is 0 Å². The molecule has 1 aromatic rings. The summed E-state index contributed by atoms with van der Waals surface area (Å²) in [6, 6.07) is 0.872. The van der Waals surface area contributed by atoms with Crippen LogP contribution in [0.25, 0.3) is 0 Å². The molecular formula is C7H5F2NO3. The lowest BCUT2D eigenvalue weighted by molar-refractivity contribution is 0.0679. The third-order valence-electron chi connectivity index (χ3n) is 1.40. The molecule has 6 heteroatoms. The molecule has 0 radical (unpaired) electrons. The first kappa shape index (κ1) is 9.37. The molecule has 0 amide bonds. The first-order valence-electron chi connectivity index (χ1n) is 3.26. The normalized spacial score (nSPS) is 10.4. The topological polar surface area (TPSA) is 70.2 Å². The maximum absolute atomic E-state index is 11.8. The highest BCUT2D eigenvalue weighted by Gasteiger charge is 2.20. The number of aromatic nitrogens is 1. The molecule has 1 aromatic heterocycles. The monoisotopic (exact) mass is 189 g/mol. The van der Waals surface area contributed by atoms with E-state index in [1.807, 2.05) is 0 Å². The van der Waals surface area contributed by atoms with E-state index in [1.54, 1.807) is 0 Å². The van der Waals surface area contributed by atoms with E-state index < -0.39 is 18.2 Å². The molecule has 0 atom stereocenters. The molecule has 0 aliphatic carbocycles. The van der Waals surface area contributed by atoms with Crippen molar-refractivity contribution in [1.29, 1.82) is 0 Å². The van der Waals surface area contributed by atoms with E-state index in [1.165, 1.54) is 0 Å². The van der Waals surface area contributed by atoms with Gasteiger partial charge in [0.25, 0.3) is 0 Å². The smallest absolute Gasteiger partial charge is 0.352 e. The van der Waals surface area contributed by atoms with Gasteiger partial charge in [0.05, 0.1) is 0 Å². The van der Waals surface area contributed by atoms with Crippen molar-refractivity contribution in [2.24, 2.45) is 0 Å². The summed E-state index contributed by atoms with van der Waals surface area (Å²) in [5, 5.41) is 8.39. The number of halogens is 2. The van der Waals surface area contributed by atoms with Crippen molar-refractivity contribution >= 4 is 11.8 Å². The standard InChI is InChI=1S/C7H5F2NO3/c8-6(9)5(11)3-1-4(7(12)13)10-2-3/h1-2,6,10H,(H,12,13). The maximum atomic E-state index is 11.8. The van der Waals surface area contributed by atoms with Crippen LogP contribution in [0.2, 0.25) is 0 Å². The second-order valence-electron chi connectivity index (χ2n) is 2.27. The highest BCUT2D eigenvalue weighted by Crippen LogP contribution is 2.09. The summed E-state index contributed by atoms with van der Waals surface area (Å²) in [4.78, 5) is 23.1. The Morgan fingerprint density at radius 1 is 1.46 bits per heavy atom. The molecule has 1 heterocycles. The van der Waals surface area contributed by atoms with E-state index in [0.717, 1.165) is 12.3 Å². The highest BCUT2D eigenvalue weighted by molar-refractivity contribution is 6.00. The summed E-state index contributed by atoms with van der Waals surface area (Å²) < 4.78 is 23.6. The molecule has 0 saturated carbocycles. The van der Waals surface area contributed by atoms with Crippen molar-refractivity contribution in [3.8, 4) is 0 Å². The molecule has 1 rings (SSSR count). The molecule has 0 saturated heterocycles. The van der Waals surface area contributed by atoms with Gasteiger partial charge >= 0.3 is 12.4 Å². The molecular weight excluding hydrogens is 184 g/mol. The first-order chi connectivity index (χ1) is 6.02. The van der Waals surface area contributed by atoms with E-state index in [0.29, 0.717) is 0 Å². The fourth-order valence-corrected chi connectivity index (χ4v) is 0.786. The third-order valence-corrected chi connectivity index (χ3v) is 1.40. The lowest BCUT2D eigenvalue weighted by Gasteiger charge is -1.92. The van der Waals surface area contributed by atoms with E-state index in [-0.39, 0.29) is 11.3 Å². The summed E-state index contributed by atoms with van der Waals surface area (Å²) in [7, 11) is 0. The van der Waals surface area contributed by atoms with E-state index in [9.17, 15) is 18.4 Å². The fraction of sp³-hybridized carbons (Fsp3) is 0.143. The Morgan fingerprint density at radius 3 is 2.46 bits per heavy atom. The SMILES string of the molecule is O=C(O)c1cc(C(=O)C(F)F)c[nH]1. The number of hydrogen-bond donors (Lipinski definition) is 2. The van der Waals surface area contributed by atoms with Gasteiger partial charge in [0.2, 0.25) is 5.78 Å². The minimum Gasteiger partial charge on any atom is -0.477 e. The number of carbonyl (C=O) groups excluding carboxylic acids is 1. The number of rotatable bonds is 3. The lowest BCUT2D eigenvalue weighted by atomic mass is 10.2. The van der Waals surface area contributed by atoms with Crippen LogP contribution >= 0.6 is 0 Å². The molecule has 0 aliphatic heterocycles. The molecule has 70 valence electrons. The molecule has 0 aromatic carbocycles. The zero-order valence-electron chi connectivity index (χ0n) is 6.25.